The van der Waals surface area contributed by atoms with Gasteiger partial charge in [0, 0.05) is 11.3 Å². The van der Waals surface area contributed by atoms with Crippen molar-refractivity contribution in [1.82, 2.24) is 9.55 Å². The second-order valence-electron chi connectivity index (χ2n) is 6.18. The summed E-state index contributed by atoms with van der Waals surface area (Å²) in [6, 6.07) is 23.5. The third kappa shape index (κ3) is 3.22. The lowest BCUT2D eigenvalue weighted by molar-refractivity contribution is 0.102. The quantitative estimate of drug-likeness (QED) is 0.605. The fourth-order valence-corrected chi connectivity index (χ4v) is 3.03. The molecule has 0 radical (unpaired) electrons. The third-order valence-corrected chi connectivity index (χ3v) is 4.36. The highest BCUT2D eigenvalue weighted by molar-refractivity contribution is 6.04. The lowest BCUT2D eigenvalue weighted by Crippen LogP contribution is -2.22. The van der Waals surface area contributed by atoms with Crippen molar-refractivity contribution in [3.05, 3.63) is 101 Å². The van der Waals surface area contributed by atoms with Gasteiger partial charge in [-0.15, -0.1) is 0 Å². The third-order valence-electron chi connectivity index (χ3n) is 4.36. The predicted molar refractivity (Wildman–Crippen MR) is 106 cm³/mol. The van der Waals surface area contributed by atoms with Gasteiger partial charge in [0.1, 0.15) is 5.82 Å². The first-order chi connectivity index (χ1) is 13.1. The Bertz CT molecular complexity index is 1180. The number of anilines is 1. The minimum Gasteiger partial charge on any atom is -0.322 e. The molecule has 27 heavy (non-hydrogen) atoms. The zero-order valence-corrected chi connectivity index (χ0v) is 14.7. The van der Waals surface area contributed by atoms with Gasteiger partial charge in [0.25, 0.3) is 11.5 Å². The number of nitrogens with zero attached hydrogens (tertiary/aromatic N) is 2. The Balaban J connectivity index is 1.66. The molecule has 0 unspecified atom stereocenters. The summed E-state index contributed by atoms with van der Waals surface area (Å²) in [7, 11) is 0. The van der Waals surface area contributed by atoms with Crippen molar-refractivity contribution >= 4 is 22.5 Å². The van der Waals surface area contributed by atoms with E-state index in [1.807, 2.05) is 36.4 Å². The highest BCUT2D eigenvalue weighted by Gasteiger charge is 2.10. The molecule has 5 nitrogen and oxygen atoms in total. The minimum atomic E-state index is -0.177. The van der Waals surface area contributed by atoms with Crippen LogP contribution < -0.4 is 10.9 Å². The topological polar surface area (TPSA) is 64.0 Å². The van der Waals surface area contributed by atoms with Crippen LogP contribution in [0.1, 0.15) is 16.2 Å². The molecule has 0 fully saturated rings. The van der Waals surface area contributed by atoms with Crippen LogP contribution in [0.25, 0.3) is 16.6 Å². The molecule has 1 heterocycles. The van der Waals surface area contributed by atoms with E-state index in [1.165, 1.54) is 0 Å². The van der Waals surface area contributed by atoms with Crippen molar-refractivity contribution in [3.63, 3.8) is 0 Å². The van der Waals surface area contributed by atoms with Gasteiger partial charge in [-0.3, -0.25) is 14.2 Å². The highest BCUT2D eigenvalue weighted by atomic mass is 16.1. The van der Waals surface area contributed by atoms with Crippen molar-refractivity contribution in [1.29, 1.82) is 0 Å². The second-order valence-corrected chi connectivity index (χ2v) is 6.18. The first-order valence-corrected chi connectivity index (χ1v) is 8.59. The molecule has 132 valence electrons. The highest BCUT2D eigenvalue weighted by Crippen LogP contribution is 2.16. The van der Waals surface area contributed by atoms with Crippen LogP contribution in [-0.2, 0) is 0 Å². The van der Waals surface area contributed by atoms with Crippen LogP contribution in [0.3, 0.4) is 0 Å². The number of carbonyl (C=O) groups is 1. The number of amides is 1. The van der Waals surface area contributed by atoms with Crippen LogP contribution in [-0.4, -0.2) is 15.5 Å². The van der Waals surface area contributed by atoms with Gasteiger partial charge in [-0.1, -0.05) is 30.3 Å². The Morgan fingerprint density at radius 3 is 2.30 bits per heavy atom. The number of aryl methyl sites for hydroxylation is 1. The summed E-state index contributed by atoms with van der Waals surface area (Å²) in [6.07, 6.45) is 0. The number of carbonyl (C=O) groups excluding carboxylic acids is 1. The van der Waals surface area contributed by atoms with Crippen LogP contribution in [0.2, 0.25) is 0 Å². The van der Waals surface area contributed by atoms with Gasteiger partial charge in [-0.25, -0.2) is 4.98 Å². The van der Waals surface area contributed by atoms with Gasteiger partial charge >= 0.3 is 0 Å². The summed E-state index contributed by atoms with van der Waals surface area (Å²) >= 11 is 0. The Morgan fingerprint density at radius 2 is 1.56 bits per heavy atom. The maximum Gasteiger partial charge on any atom is 0.265 e. The normalized spacial score (nSPS) is 10.7. The molecule has 0 atom stereocenters. The molecule has 0 aliphatic rings. The predicted octanol–water partition coefficient (Wildman–Crippen LogP) is 3.95. The number of aromatic nitrogens is 2. The van der Waals surface area contributed by atoms with E-state index in [0.29, 0.717) is 33.7 Å². The number of para-hydroxylation sites is 1. The number of hydrogen-bond donors (Lipinski definition) is 1. The molecular weight excluding hydrogens is 338 g/mol. The van der Waals surface area contributed by atoms with E-state index in [0.717, 1.165) is 0 Å². The molecule has 5 heteroatoms. The lowest BCUT2D eigenvalue weighted by Gasteiger charge is -2.12. The Morgan fingerprint density at radius 1 is 0.889 bits per heavy atom. The van der Waals surface area contributed by atoms with Gasteiger partial charge in [-0.05, 0) is 55.5 Å². The van der Waals surface area contributed by atoms with Crippen LogP contribution in [0.15, 0.2) is 83.7 Å². The molecule has 1 N–H and O–H groups in total. The standard InChI is InChI=1S/C22H17N3O2/c1-15-23-20-10-6-5-9-19(20)22(27)25(15)18-13-11-17(12-14-18)24-21(26)16-7-3-2-4-8-16/h2-14H,1H3,(H,24,26). The Hall–Kier alpha value is -3.73. The van der Waals surface area contributed by atoms with Crippen molar-refractivity contribution in [2.45, 2.75) is 6.92 Å². The average molecular weight is 355 g/mol. The van der Waals surface area contributed by atoms with E-state index in [9.17, 15) is 9.59 Å². The van der Waals surface area contributed by atoms with Crippen LogP contribution in [0.4, 0.5) is 5.69 Å². The number of nitrogens with one attached hydrogen (secondary N) is 1. The molecule has 4 aromatic rings. The van der Waals surface area contributed by atoms with E-state index in [-0.39, 0.29) is 11.5 Å². The molecular formula is C22H17N3O2. The molecule has 1 amide bonds. The molecule has 1 aromatic heterocycles. The smallest absolute Gasteiger partial charge is 0.265 e. The summed E-state index contributed by atoms with van der Waals surface area (Å²) in [5, 5.41) is 3.43. The zero-order valence-electron chi connectivity index (χ0n) is 14.7. The van der Waals surface area contributed by atoms with E-state index < -0.39 is 0 Å². The van der Waals surface area contributed by atoms with Gasteiger partial charge in [0.05, 0.1) is 16.6 Å². The summed E-state index contributed by atoms with van der Waals surface area (Å²) in [5.74, 6) is 0.434. The largest absolute Gasteiger partial charge is 0.322 e. The van der Waals surface area contributed by atoms with Gasteiger partial charge in [0.15, 0.2) is 0 Å². The summed E-state index contributed by atoms with van der Waals surface area (Å²) in [4.78, 5) is 29.6. The molecule has 0 aliphatic carbocycles. The molecule has 0 saturated carbocycles. The summed E-state index contributed by atoms with van der Waals surface area (Å²) in [5.41, 5.74) is 2.52. The first kappa shape index (κ1) is 16.7. The van der Waals surface area contributed by atoms with E-state index >= 15 is 0 Å². The monoisotopic (exact) mass is 355 g/mol. The zero-order chi connectivity index (χ0) is 18.8. The van der Waals surface area contributed by atoms with E-state index in [2.05, 4.69) is 10.3 Å². The SMILES string of the molecule is Cc1nc2ccccc2c(=O)n1-c1ccc(NC(=O)c2ccccc2)cc1. The molecule has 3 aromatic carbocycles. The first-order valence-electron chi connectivity index (χ1n) is 8.59. The average Bonchev–Trinajstić information content (AvgIpc) is 2.70. The fraction of sp³-hybridized carbons (Fsp3) is 0.0455. The van der Waals surface area contributed by atoms with Crippen molar-refractivity contribution in [3.8, 4) is 5.69 Å². The van der Waals surface area contributed by atoms with Gasteiger partial charge in [0.2, 0.25) is 0 Å². The van der Waals surface area contributed by atoms with Crippen LogP contribution >= 0.6 is 0 Å². The minimum absolute atomic E-state index is 0.112. The molecule has 4 rings (SSSR count). The molecule has 0 spiro atoms. The maximum absolute atomic E-state index is 12.9. The fourth-order valence-electron chi connectivity index (χ4n) is 3.03. The second kappa shape index (κ2) is 6.88. The number of hydrogen-bond acceptors (Lipinski definition) is 3. The molecule has 0 aliphatic heterocycles. The van der Waals surface area contributed by atoms with E-state index in [4.69, 9.17) is 0 Å². The lowest BCUT2D eigenvalue weighted by atomic mass is 10.2. The van der Waals surface area contributed by atoms with Crippen molar-refractivity contribution < 1.29 is 4.79 Å². The van der Waals surface area contributed by atoms with Crippen molar-refractivity contribution in [2.75, 3.05) is 5.32 Å². The number of benzene rings is 3. The summed E-state index contributed by atoms with van der Waals surface area (Å²) in [6.45, 7) is 1.80. The number of fused-ring (bicyclic) bond motifs is 1. The van der Waals surface area contributed by atoms with Gasteiger partial charge < -0.3 is 5.32 Å². The van der Waals surface area contributed by atoms with Crippen molar-refractivity contribution in [2.24, 2.45) is 0 Å². The maximum atomic E-state index is 12.9. The molecule has 0 saturated heterocycles. The van der Waals surface area contributed by atoms with E-state index in [1.54, 1.807) is 54.0 Å². The van der Waals surface area contributed by atoms with Gasteiger partial charge in [-0.2, -0.15) is 0 Å². The Kier molecular flexibility index (Phi) is 4.26. The van der Waals surface area contributed by atoms with Crippen LogP contribution in [0, 0.1) is 6.92 Å². The Labute approximate surface area is 155 Å². The van der Waals surface area contributed by atoms with Crippen LogP contribution in [0.5, 0.6) is 0 Å². The molecule has 0 bridgehead atoms. The summed E-state index contributed by atoms with van der Waals surface area (Å²) < 4.78 is 1.57. The number of rotatable bonds is 3.